The smallest absolute Gasteiger partial charge is 0.146 e. The SMILES string of the molecule is Cc1cc(C)c2c(C#C[Si](C(C)C)(C(C)C)C(C)C)c(F)ccc2c1. The van der Waals surface area contributed by atoms with Gasteiger partial charge >= 0.3 is 0 Å². The van der Waals surface area contributed by atoms with Crippen LogP contribution in [0.5, 0.6) is 0 Å². The van der Waals surface area contributed by atoms with Crippen molar-refractivity contribution in [2.75, 3.05) is 0 Å². The van der Waals surface area contributed by atoms with Crippen LogP contribution in [0.15, 0.2) is 24.3 Å². The second kappa shape index (κ2) is 7.34. The molecule has 0 aliphatic heterocycles. The lowest BCUT2D eigenvalue weighted by atomic mass is 9.98. The molecule has 0 heterocycles. The molecule has 0 aliphatic carbocycles. The van der Waals surface area contributed by atoms with Gasteiger partial charge in [-0.1, -0.05) is 71.2 Å². The van der Waals surface area contributed by atoms with Crippen molar-refractivity contribution in [1.82, 2.24) is 0 Å². The first-order chi connectivity index (χ1) is 11.6. The van der Waals surface area contributed by atoms with Gasteiger partial charge in [-0.05, 0) is 47.5 Å². The van der Waals surface area contributed by atoms with Gasteiger partial charge in [-0.15, -0.1) is 5.54 Å². The molecule has 0 fully saturated rings. The fourth-order valence-corrected chi connectivity index (χ4v) is 9.77. The molecule has 2 rings (SSSR count). The van der Waals surface area contributed by atoms with Gasteiger partial charge in [0.05, 0.1) is 5.56 Å². The molecule has 0 spiro atoms. The highest BCUT2D eigenvalue weighted by atomic mass is 28.3. The molecule has 2 heteroatoms. The summed E-state index contributed by atoms with van der Waals surface area (Å²) in [5, 5.41) is 2.05. The quantitative estimate of drug-likeness (QED) is 0.405. The van der Waals surface area contributed by atoms with Gasteiger partial charge < -0.3 is 0 Å². The minimum atomic E-state index is -1.88. The standard InChI is InChI=1S/C23H31FSi/c1-15(2)25(16(3)4,17(5)6)12-11-21-22(24)10-9-20-14-18(7)13-19(8)23(20)21/h9-10,13-17H,1-8H3. The summed E-state index contributed by atoms with van der Waals surface area (Å²) in [6.45, 7) is 17.9. The van der Waals surface area contributed by atoms with Gasteiger partial charge in [-0.3, -0.25) is 0 Å². The third-order valence-electron chi connectivity index (χ3n) is 5.68. The van der Waals surface area contributed by atoms with E-state index >= 15 is 0 Å². The van der Waals surface area contributed by atoms with E-state index in [2.05, 4.69) is 79.0 Å². The predicted octanol–water partition coefficient (Wildman–Crippen LogP) is 7.17. The lowest BCUT2D eigenvalue weighted by Gasteiger charge is -2.38. The van der Waals surface area contributed by atoms with Crippen LogP contribution in [0.4, 0.5) is 4.39 Å². The van der Waals surface area contributed by atoms with Crippen LogP contribution in [0.2, 0.25) is 16.6 Å². The van der Waals surface area contributed by atoms with Crippen molar-refractivity contribution in [2.24, 2.45) is 0 Å². The molecule has 2 aromatic carbocycles. The van der Waals surface area contributed by atoms with Crippen molar-refractivity contribution >= 4 is 18.8 Å². The van der Waals surface area contributed by atoms with E-state index in [1.165, 1.54) is 5.56 Å². The summed E-state index contributed by atoms with van der Waals surface area (Å²) >= 11 is 0. The van der Waals surface area contributed by atoms with E-state index in [1.807, 2.05) is 6.07 Å². The van der Waals surface area contributed by atoms with Gasteiger partial charge in [0.15, 0.2) is 0 Å². The molecular weight excluding hydrogens is 323 g/mol. The number of hydrogen-bond donors (Lipinski definition) is 0. The summed E-state index contributed by atoms with van der Waals surface area (Å²) in [5.41, 5.74) is 8.18. The number of aryl methyl sites for hydroxylation is 2. The van der Waals surface area contributed by atoms with Crippen LogP contribution in [0.25, 0.3) is 10.8 Å². The molecule has 0 N–H and O–H groups in total. The number of benzene rings is 2. The van der Waals surface area contributed by atoms with Crippen molar-refractivity contribution in [3.8, 4) is 11.5 Å². The average molecular weight is 355 g/mol. The molecule has 0 saturated heterocycles. The van der Waals surface area contributed by atoms with E-state index in [4.69, 9.17) is 0 Å². The van der Waals surface area contributed by atoms with Crippen molar-refractivity contribution in [1.29, 1.82) is 0 Å². The molecule has 0 bridgehead atoms. The number of fused-ring (bicyclic) bond motifs is 1. The second-order valence-electron chi connectivity index (χ2n) is 8.25. The topological polar surface area (TPSA) is 0 Å². The Morgan fingerprint density at radius 1 is 0.880 bits per heavy atom. The van der Waals surface area contributed by atoms with E-state index in [1.54, 1.807) is 6.07 Å². The van der Waals surface area contributed by atoms with Gasteiger partial charge in [0, 0.05) is 5.39 Å². The molecule has 2 aromatic rings. The minimum Gasteiger partial charge on any atom is -0.206 e. The van der Waals surface area contributed by atoms with Crippen LogP contribution in [0, 0.1) is 31.1 Å². The molecule has 0 aromatic heterocycles. The van der Waals surface area contributed by atoms with Crippen LogP contribution in [0.1, 0.15) is 58.2 Å². The molecule has 0 nitrogen and oxygen atoms in total. The lowest BCUT2D eigenvalue weighted by Crippen LogP contribution is -2.43. The van der Waals surface area contributed by atoms with E-state index in [0.717, 1.165) is 16.3 Å². The molecule has 0 saturated carbocycles. The maximum atomic E-state index is 14.7. The van der Waals surface area contributed by atoms with Gasteiger partial charge in [-0.2, -0.15) is 0 Å². The molecule has 134 valence electrons. The van der Waals surface area contributed by atoms with Gasteiger partial charge in [0.1, 0.15) is 13.9 Å². The summed E-state index contributed by atoms with van der Waals surface area (Å²) in [7, 11) is -1.88. The van der Waals surface area contributed by atoms with Gasteiger partial charge in [-0.25, -0.2) is 4.39 Å². The first kappa shape index (κ1) is 19.7. The van der Waals surface area contributed by atoms with Crippen LogP contribution in [-0.2, 0) is 0 Å². The van der Waals surface area contributed by atoms with E-state index in [-0.39, 0.29) is 5.82 Å². The Kier molecular flexibility index (Phi) is 5.79. The zero-order chi connectivity index (χ0) is 18.9. The predicted molar refractivity (Wildman–Crippen MR) is 111 cm³/mol. The van der Waals surface area contributed by atoms with E-state index < -0.39 is 8.07 Å². The fraction of sp³-hybridized carbons (Fsp3) is 0.478. The van der Waals surface area contributed by atoms with Crippen LogP contribution in [0.3, 0.4) is 0 Å². The van der Waals surface area contributed by atoms with Crippen molar-refractivity contribution < 1.29 is 4.39 Å². The number of hydrogen-bond acceptors (Lipinski definition) is 0. The number of halogens is 1. The zero-order valence-electron chi connectivity index (χ0n) is 16.9. The van der Waals surface area contributed by atoms with Crippen molar-refractivity contribution in [2.45, 2.75) is 72.0 Å². The normalized spacial score (nSPS) is 12.2. The third-order valence-corrected chi connectivity index (χ3v) is 12.0. The Morgan fingerprint density at radius 3 is 1.96 bits per heavy atom. The highest BCUT2D eigenvalue weighted by molar-refractivity contribution is 6.90. The monoisotopic (exact) mass is 354 g/mol. The molecule has 0 radical (unpaired) electrons. The van der Waals surface area contributed by atoms with Crippen molar-refractivity contribution in [3.63, 3.8) is 0 Å². The maximum absolute atomic E-state index is 14.7. The van der Waals surface area contributed by atoms with Crippen molar-refractivity contribution in [3.05, 3.63) is 46.8 Å². The highest BCUT2D eigenvalue weighted by Gasteiger charge is 2.41. The largest absolute Gasteiger partial charge is 0.206 e. The number of rotatable bonds is 3. The Bertz CT molecular complexity index is 813. The summed E-state index contributed by atoms with van der Waals surface area (Å²) < 4.78 is 14.7. The first-order valence-corrected chi connectivity index (χ1v) is 11.6. The Balaban J connectivity index is 2.77. The Morgan fingerprint density at radius 2 is 1.44 bits per heavy atom. The first-order valence-electron chi connectivity index (χ1n) is 9.33. The summed E-state index contributed by atoms with van der Waals surface area (Å²) in [5.74, 6) is 3.14. The summed E-state index contributed by atoms with van der Waals surface area (Å²) in [6, 6.07) is 7.67. The molecular formula is C23H31FSi. The zero-order valence-corrected chi connectivity index (χ0v) is 17.9. The highest BCUT2D eigenvalue weighted by Crippen LogP contribution is 2.41. The summed E-state index contributed by atoms with van der Waals surface area (Å²) in [4.78, 5) is 0. The minimum absolute atomic E-state index is 0.203. The Labute approximate surface area is 153 Å². The average Bonchev–Trinajstić information content (AvgIpc) is 2.48. The molecule has 0 atom stereocenters. The molecule has 25 heavy (non-hydrogen) atoms. The maximum Gasteiger partial charge on any atom is 0.146 e. The second-order valence-corrected chi connectivity index (χ2v) is 13.8. The molecule has 0 amide bonds. The third kappa shape index (κ3) is 3.53. The molecule has 0 unspecified atom stereocenters. The van der Waals surface area contributed by atoms with Crippen LogP contribution >= 0.6 is 0 Å². The van der Waals surface area contributed by atoms with Gasteiger partial charge in [0.25, 0.3) is 0 Å². The van der Waals surface area contributed by atoms with Crippen LogP contribution < -0.4 is 0 Å². The molecule has 0 aliphatic rings. The van der Waals surface area contributed by atoms with E-state index in [0.29, 0.717) is 22.2 Å². The fourth-order valence-electron chi connectivity index (χ4n) is 4.57. The Hall–Kier alpha value is -1.59. The lowest BCUT2D eigenvalue weighted by molar-refractivity contribution is 0.626. The van der Waals surface area contributed by atoms with Crippen LogP contribution in [-0.4, -0.2) is 8.07 Å². The summed E-state index contributed by atoms with van der Waals surface area (Å²) in [6.07, 6.45) is 0. The van der Waals surface area contributed by atoms with Gasteiger partial charge in [0.2, 0.25) is 0 Å². The van der Waals surface area contributed by atoms with E-state index in [9.17, 15) is 4.39 Å².